The zero-order valence-electron chi connectivity index (χ0n) is 11.0. The molecule has 1 aromatic rings. The summed E-state index contributed by atoms with van der Waals surface area (Å²) in [5.41, 5.74) is 0.419. The first-order valence-electron chi connectivity index (χ1n) is 6.49. The van der Waals surface area contributed by atoms with Crippen molar-refractivity contribution in [3.8, 4) is 0 Å². The van der Waals surface area contributed by atoms with Gasteiger partial charge in [-0.3, -0.25) is 4.79 Å². The van der Waals surface area contributed by atoms with Crippen LogP contribution >= 0.6 is 0 Å². The van der Waals surface area contributed by atoms with E-state index >= 15 is 0 Å². The minimum atomic E-state index is -0.0305. The summed E-state index contributed by atoms with van der Waals surface area (Å²) < 4.78 is 0. The second kappa shape index (κ2) is 5.80. The van der Waals surface area contributed by atoms with Gasteiger partial charge in [-0.25, -0.2) is 9.97 Å². The summed E-state index contributed by atoms with van der Waals surface area (Å²) in [5.74, 6) is 0.643. The predicted octanol–water partition coefficient (Wildman–Crippen LogP) is 1.92. The van der Waals surface area contributed by atoms with Gasteiger partial charge in [0.1, 0.15) is 11.5 Å². The number of rotatable bonds is 3. The van der Waals surface area contributed by atoms with Gasteiger partial charge in [-0.2, -0.15) is 0 Å². The number of aromatic nitrogens is 2. The highest BCUT2D eigenvalue weighted by Gasteiger charge is 2.23. The highest BCUT2D eigenvalue weighted by atomic mass is 16.2. The van der Waals surface area contributed by atoms with E-state index in [4.69, 9.17) is 0 Å². The van der Waals surface area contributed by atoms with Gasteiger partial charge in [-0.05, 0) is 12.8 Å². The Morgan fingerprint density at radius 3 is 2.56 bits per heavy atom. The van der Waals surface area contributed by atoms with Crippen LogP contribution in [0.25, 0.3) is 0 Å². The van der Waals surface area contributed by atoms with Gasteiger partial charge in [0, 0.05) is 20.1 Å². The van der Waals surface area contributed by atoms with E-state index in [9.17, 15) is 4.79 Å². The van der Waals surface area contributed by atoms with E-state index < -0.39 is 0 Å². The van der Waals surface area contributed by atoms with Crippen LogP contribution in [-0.4, -0.2) is 40.9 Å². The lowest BCUT2D eigenvalue weighted by Crippen LogP contribution is -2.38. The van der Waals surface area contributed by atoms with E-state index in [1.807, 2.05) is 11.9 Å². The molecule has 5 nitrogen and oxygen atoms in total. The van der Waals surface area contributed by atoms with Crippen LogP contribution in [0.3, 0.4) is 0 Å². The standard InChI is InChI=1S/C13H20N4O/c1-14-12-9-15-11(8-16-12)13(18)17(2)10-6-4-3-5-7-10/h8-10H,3-7H2,1-2H3,(H,14,16). The molecule has 1 aliphatic carbocycles. The van der Waals surface area contributed by atoms with Crippen LogP contribution in [0.4, 0.5) is 5.82 Å². The van der Waals surface area contributed by atoms with Crippen molar-refractivity contribution in [1.82, 2.24) is 14.9 Å². The maximum atomic E-state index is 12.2. The van der Waals surface area contributed by atoms with Gasteiger partial charge in [0.15, 0.2) is 0 Å². The van der Waals surface area contributed by atoms with Crippen molar-refractivity contribution >= 4 is 11.7 Å². The van der Waals surface area contributed by atoms with Gasteiger partial charge in [0.05, 0.1) is 12.4 Å². The van der Waals surface area contributed by atoms with Crippen molar-refractivity contribution in [3.63, 3.8) is 0 Å². The Labute approximate surface area is 108 Å². The molecule has 2 rings (SSSR count). The molecule has 5 heteroatoms. The smallest absolute Gasteiger partial charge is 0.274 e. The fourth-order valence-electron chi connectivity index (χ4n) is 2.38. The maximum Gasteiger partial charge on any atom is 0.274 e. The minimum absolute atomic E-state index is 0.0305. The molecule has 0 atom stereocenters. The lowest BCUT2D eigenvalue weighted by molar-refractivity contribution is 0.0690. The first-order chi connectivity index (χ1) is 8.72. The average Bonchev–Trinajstić information content (AvgIpc) is 2.47. The second-order valence-corrected chi connectivity index (χ2v) is 4.74. The zero-order valence-corrected chi connectivity index (χ0v) is 11.0. The lowest BCUT2D eigenvalue weighted by Gasteiger charge is -2.30. The average molecular weight is 248 g/mol. The van der Waals surface area contributed by atoms with Gasteiger partial charge in [0.2, 0.25) is 0 Å². The molecule has 1 N–H and O–H groups in total. The van der Waals surface area contributed by atoms with Crippen LogP contribution in [0.2, 0.25) is 0 Å². The van der Waals surface area contributed by atoms with Gasteiger partial charge >= 0.3 is 0 Å². The molecule has 1 heterocycles. The van der Waals surface area contributed by atoms with Gasteiger partial charge < -0.3 is 10.2 Å². The van der Waals surface area contributed by atoms with Gasteiger partial charge in [-0.1, -0.05) is 19.3 Å². The molecule has 0 aromatic carbocycles. The van der Waals surface area contributed by atoms with Crippen LogP contribution in [0.15, 0.2) is 12.4 Å². The molecule has 0 saturated heterocycles. The molecule has 1 saturated carbocycles. The Morgan fingerprint density at radius 1 is 1.28 bits per heavy atom. The summed E-state index contributed by atoms with van der Waals surface area (Å²) in [6.45, 7) is 0. The molecular weight excluding hydrogens is 228 g/mol. The second-order valence-electron chi connectivity index (χ2n) is 4.74. The molecule has 18 heavy (non-hydrogen) atoms. The number of nitrogens with one attached hydrogen (secondary N) is 1. The Kier molecular flexibility index (Phi) is 4.12. The van der Waals surface area contributed by atoms with Crippen LogP contribution < -0.4 is 5.32 Å². The molecule has 1 aromatic heterocycles. The Bertz CT molecular complexity index is 398. The third kappa shape index (κ3) is 2.78. The highest BCUT2D eigenvalue weighted by molar-refractivity contribution is 5.92. The fourth-order valence-corrected chi connectivity index (χ4v) is 2.38. The SMILES string of the molecule is CNc1cnc(C(=O)N(C)C2CCCCC2)cn1. The largest absolute Gasteiger partial charge is 0.372 e. The molecule has 0 spiro atoms. The van der Waals surface area contributed by atoms with Crippen molar-refractivity contribution in [2.75, 3.05) is 19.4 Å². The van der Waals surface area contributed by atoms with Gasteiger partial charge in [-0.15, -0.1) is 0 Å². The van der Waals surface area contributed by atoms with Crippen molar-refractivity contribution in [2.24, 2.45) is 0 Å². The number of hydrogen-bond acceptors (Lipinski definition) is 4. The first-order valence-corrected chi connectivity index (χ1v) is 6.49. The quantitative estimate of drug-likeness (QED) is 0.888. The van der Waals surface area contributed by atoms with Crippen LogP contribution in [0.5, 0.6) is 0 Å². The zero-order chi connectivity index (χ0) is 13.0. The number of hydrogen-bond donors (Lipinski definition) is 1. The Morgan fingerprint density at radius 2 is 2.00 bits per heavy atom. The highest BCUT2D eigenvalue weighted by Crippen LogP contribution is 2.22. The summed E-state index contributed by atoms with van der Waals surface area (Å²) in [6.07, 6.45) is 9.04. The Hall–Kier alpha value is -1.65. The molecule has 1 amide bonds. The number of amides is 1. The maximum absolute atomic E-state index is 12.2. The molecule has 0 bridgehead atoms. The molecule has 0 aliphatic heterocycles. The predicted molar refractivity (Wildman–Crippen MR) is 70.5 cm³/mol. The number of anilines is 1. The third-order valence-electron chi connectivity index (χ3n) is 3.57. The van der Waals surface area contributed by atoms with Crippen molar-refractivity contribution in [1.29, 1.82) is 0 Å². The molecule has 0 radical (unpaired) electrons. The molecule has 1 fully saturated rings. The van der Waals surface area contributed by atoms with Crippen molar-refractivity contribution < 1.29 is 4.79 Å². The molecular formula is C13H20N4O. The molecule has 98 valence electrons. The lowest BCUT2D eigenvalue weighted by atomic mass is 9.94. The minimum Gasteiger partial charge on any atom is -0.372 e. The Balaban J connectivity index is 2.04. The molecule has 0 unspecified atom stereocenters. The molecule has 1 aliphatic rings. The van der Waals surface area contributed by atoms with E-state index in [-0.39, 0.29) is 5.91 Å². The first kappa shape index (κ1) is 12.8. The number of carbonyl (C=O) groups is 1. The summed E-state index contributed by atoms with van der Waals surface area (Å²) >= 11 is 0. The summed E-state index contributed by atoms with van der Waals surface area (Å²) in [6, 6.07) is 0.358. The third-order valence-corrected chi connectivity index (χ3v) is 3.57. The van der Waals surface area contributed by atoms with Crippen LogP contribution in [-0.2, 0) is 0 Å². The van der Waals surface area contributed by atoms with Crippen molar-refractivity contribution in [3.05, 3.63) is 18.1 Å². The summed E-state index contributed by atoms with van der Waals surface area (Å²) in [5, 5.41) is 2.89. The topological polar surface area (TPSA) is 58.1 Å². The van der Waals surface area contributed by atoms with Crippen LogP contribution in [0.1, 0.15) is 42.6 Å². The normalized spacial score (nSPS) is 16.3. The fraction of sp³-hybridized carbons (Fsp3) is 0.615. The van der Waals surface area contributed by atoms with Crippen LogP contribution in [0, 0.1) is 0 Å². The summed E-state index contributed by atoms with van der Waals surface area (Å²) in [7, 11) is 3.64. The van der Waals surface area contributed by atoms with Gasteiger partial charge in [0.25, 0.3) is 5.91 Å². The van der Waals surface area contributed by atoms with E-state index in [2.05, 4.69) is 15.3 Å². The number of nitrogens with zero attached hydrogens (tertiary/aromatic N) is 3. The van der Waals surface area contributed by atoms with E-state index in [0.29, 0.717) is 17.6 Å². The number of carbonyl (C=O) groups excluding carboxylic acids is 1. The van der Waals surface area contributed by atoms with E-state index in [1.165, 1.54) is 25.5 Å². The van der Waals surface area contributed by atoms with E-state index in [1.54, 1.807) is 13.2 Å². The van der Waals surface area contributed by atoms with Crippen molar-refractivity contribution in [2.45, 2.75) is 38.1 Å². The van der Waals surface area contributed by atoms with E-state index in [0.717, 1.165) is 12.8 Å². The summed E-state index contributed by atoms with van der Waals surface area (Å²) in [4.78, 5) is 22.3. The monoisotopic (exact) mass is 248 g/mol.